The molecule has 1 amide bonds. The first-order chi connectivity index (χ1) is 12.7. The highest BCUT2D eigenvalue weighted by atomic mass is 16.5. The molecule has 26 heavy (non-hydrogen) atoms. The Labute approximate surface area is 155 Å². The smallest absolute Gasteiger partial charge is 0.257 e. The van der Waals surface area contributed by atoms with Crippen molar-refractivity contribution in [2.75, 3.05) is 39.3 Å². The van der Waals surface area contributed by atoms with Gasteiger partial charge in [0.15, 0.2) is 0 Å². The van der Waals surface area contributed by atoms with Crippen molar-refractivity contribution in [3.8, 4) is 5.75 Å². The molecule has 0 aromatic heterocycles. The lowest BCUT2D eigenvalue weighted by Gasteiger charge is -2.33. The maximum absolute atomic E-state index is 12.9. The van der Waals surface area contributed by atoms with Crippen LogP contribution in [0.3, 0.4) is 0 Å². The van der Waals surface area contributed by atoms with E-state index in [4.69, 9.17) is 9.84 Å². The van der Waals surface area contributed by atoms with Crippen LogP contribution in [0.15, 0.2) is 24.3 Å². The van der Waals surface area contributed by atoms with Crippen molar-refractivity contribution in [3.05, 3.63) is 29.8 Å². The molecule has 2 N–H and O–H groups in total. The molecule has 0 radical (unpaired) electrons. The average molecular weight is 362 g/mol. The molecular formula is C20H30N2O4. The molecule has 3 rings (SSSR count). The zero-order valence-corrected chi connectivity index (χ0v) is 15.3. The summed E-state index contributed by atoms with van der Waals surface area (Å²) >= 11 is 0. The third kappa shape index (κ3) is 4.96. The minimum atomic E-state index is -0.685. The molecule has 2 aliphatic heterocycles. The monoisotopic (exact) mass is 362 g/mol. The topological polar surface area (TPSA) is 73.2 Å². The standard InChI is InChI=1S/C20H30N2O4/c23-15-16(24)14-21-12-8-17(9-13-21)26-19-7-3-2-6-18(19)20(25)22-10-4-1-5-11-22/h2-3,6-7,16-17,23-24H,1,4-5,8-15H2. The van der Waals surface area contributed by atoms with E-state index in [9.17, 15) is 9.90 Å². The van der Waals surface area contributed by atoms with Gasteiger partial charge in [-0.15, -0.1) is 0 Å². The molecule has 144 valence electrons. The fourth-order valence-corrected chi connectivity index (χ4v) is 3.76. The number of β-amino-alcohol motifs (C(OH)–C–C–N with tert-alkyl or cyclic N) is 1. The number of carbonyl (C=O) groups is 1. The molecule has 0 spiro atoms. The molecule has 0 bridgehead atoms. The third-order valence-corrected chi connectivity index (χ3v) is 5.27. The molecule has 2 aliphatic rings. The van der Waals surface area contributed by atoms with Gasteiger partial charge in [0, 0.05) is 32.7 Å². The first-order valence-electron chi connectivity index (χ1n) is 9.73. The number of benzene rings is 1. The van der Waals surface area contributed by atoms with Crippen LogP contribution in [0, 0.1) is 0 Å². The number of hydrogen-bond donors (Lipinski definition) is 2. The van der Waals surface area contributed by atoms with Crippen molar-refractivity contribution in [2.45, 2.75) is 44.3 Å². The first-order valence-corrected chi connectivity index (χ1v) is 9.73. The Morgan fingerprint density at radius 1 is 1.12 bits per heavy atom. The van der Waals surface area contributed by atoms with E-state index in [1.165, 1.54) is 6.42 Å². The highest BCUT2D eigenvalue weighted by molar-refractivity contribution is 5.97. The number of para-hydroxylation sites is 1. The zero-order chi connectivity index (χ0) is 18.4. The summed E-state index contributed by atoms with van der Waals surface area (Å²) in [4.78, 5) is 16.9. The van der Waals surface area contributed by atoms with Crippen LogP contribution in [0.5, 0.6) is 5.75 Å². The molecule has 6 nitrogen and oxygen atoms in total. The highest BCUT2D eigenvalue weighted by Gasteiger charge is 2.25. The van der Waals surface area contributed by atoms with Crippen LogP contribution in [-0.4, -0.2) is 77.5 Å². The van der Waals surface area contributed by atoms with Gasteiger partial charge in [0.2, 0.25) is 0 Å². The summed E-state index contributed by atoms with van der Waals surface area (Å²) in [5.74, 6) is 0.751. The molecular weight excluding hydrogens is 332 g/mol. The van der Waals surface area contributed by atoms with Crippen LogP contribution in [-0.2, 0) is 0 Å². The number of amides is 1. The largest absolute Gasteiger partial charge is 0.489 e. The van der Waals surface area contributed by atoms with Gasteiger partial charge in [0.25, 0.3) is 5.91 Å². The summed E-state index contributed by atoms with van der Waals surface area (Å²) in [6.45, 7) is 3.60. The van der Waals surface area contributed by atoms with E-state index in [0.717, 1.165) is 51.9 Å². The van der Waals surface area contributed by atoms with Crippen LogP contribution in [0.4, 0.5) is 0 Å². The van der Waals surface area contributed by atoms with Crippen molar-refractivity contribution < 1.29 is 19.7 Å². The predicted octanol–water partition coefficient (Wildman–Crippen LogP) is 1.51. The molecule has 2 fully saturated rings. The number of carbonyl (C=O) groups excluding carboxylic acids is 1. The van der Waals surface area contributed by atoms with Gasteiger partial charge in [-0.25, -0.2) is 0 Å². The van der Waals surface area contributed by atoms with Gasteiger partial charge in [0.1, 0.15) is 11.9 Å². The fraction of sp³-hybridized carbons (Fsp3) is 0.650. The molecule has 2 heterocycles. The lowest BCUT2D eigenvalue weighted by Crippen LogP contribution is -2.42. The molecule has 1 unspecified atom stereocenters. The normalized spacial score (nSPS) is 20.8. The molecule has 2 saturated heterocycles. The van der Waals surface area contributed by atoms with Crippen molar-refractivity contribution in [2.24, 2.45) is 0 Å². The molecule has 1 atom stereocenters. The number of nitrogens with zero attached hydrogens (tertiary/aromatic N) is 2. The number of aliphatic hydroxyl groups is 2. The van der Waals surface area contributed by atoms with E-state index in [-0.39, 0.29) is 18.6 Å². The predicted molar refractivity (Wildman–Crippen MR) is 99.4 cm³/mol. The number of ether oxygens (including phenoxy) is 1. The minimum absolute atomic E-state index is 0.0730. The summed E-state index contributed by atoms with van der Waals surface area (Å²) in [5, 5.41) is 18.5. The maximum atomic E-state index is 12.9. The Hall–Kier alpha value is -1.63. The zero-order valence-electron chi connectivity index (χ0n) is 15.3. The van der Waals surface area contributed by atoms with Crippen LogP contribution >= 0.6 is 0 Å². The Morgan fingerprint density at radius 3 is 2.50 bits per heavy atom. The van der Waals surface area contributed by atoms with Gasteiger partial charge in [-0.05, 0) is 44.2 Å². The van der Waals surface area contributed by atoms with Gasteiger partial charge < -0.3 is 24.7 Å². The van der Waals surface area contributed by atoms with Crippen LogP contribution < -0.4 is 4.74 Å². The maximum Gasteiger partial charge on any atom is 0.257 e. The van der Waals surface area contributed by atoms with E-state index in [0.29, 0.717) is 17.9 Å². The van der Waals surface area contributed by atoms with E-state index in [1.54, 1.807) is 0 Å². The van der Waals surface area contributed by atoms with Gasteiger partial charge >= 0.3 is 0 Å². The van der Waals surface area contributed by atoms with Crippen LogP contribution in [0.25, 0.3) is 0 Å². The molecule has 0 saturated carbocycles. The summed E-state index contributed by atoms with van der Waals surface area (Å²) < 4.78 is 6.19. The quantitative estimate of drug-likeness (QED) is 0.803. The third-order valence-electron chi connectivity index (χ3n) is 5.27. The second kappa shape index (κ2) is 9.35. The summed E-state index contributed by atoms with van der Waals surface area (Å²) in [5.41, 5.74) is 0.660. The second-order valence-corrected chi connectivity index (χ2v) is 7.30. The Kier molecular flexibility index (Phi) is 6.88. The van der Waals surface area contributed by atoms with Gasteiger partial charge in [-0.3, -0.25) is 4.79 Å². The van der Waals surface area contributed by atoms with Gasteiger partial charge in [-0.2, -0.15) is 0 Å². The van der Waals surface area contributed by atoms with Crippen molar-refractivity contribution in [1.82, 2.24) is 9.80 Å². The van der Waals surface area contributed by atoms with E-state index in [2.05, 4.69) is 4.90 Å². The summed E-state index contributed by atoms with van der Waals surface area (Å²) in [6.07, 6.45) is 4.45. The van der Waals surface area contributed by atoms with Crippen LogP contribution in [0.1, 0.15) is 42.5 Å². The van der Waals surface area contributed by atoms with E-state index >= 15 is 0 Å². The average Bonchev–Trinajstić information content (AvgIpc) is 2.70. The minimum Gasteiger partial charge on any atom is -0.489 e. The Morgan fingerprint density at radius 2 is 1.81 bits per heavy atom. The van der Waals surface area contributed by atoms with Crippen molar-refractivity contribution in [3.63, 3.8) is 0 Å². The van der Waals surface area contributed by atoms with Crippen molar-refractivity contribution in [1.29, 1.82) is 0 Å². The highest BCUT2D eigenvalue weighted by Crippen LogP contribution is 2.25. The Bertz CT molecular complexity index is 581. The van der Waals surface area contributed by atoms with Crippen LogP contribution in [0.2, 0.25) is 0 Å². The van der Waals surface area contributed by atoms with E-state index in [1.807, 2.05) is 29.2 Å². The molecule has 1 aromatic rings. The lowest BCUT2D eigenvalue weighted by atomic mass is 10.1. The lowest BCUT2D eigenvalue weighted by molar-refractivity contribution is 0.0342. The SMILES string of the molecule is O=C(c1ccccc1OC1CCN(CC(O)CO)CC1)N1CCCCC1. The Balaban J connectivity index is 1.58. The van der Waals surface area contributed by atoms with Gasteiger partial charge in [0.05, 0.1) is 18.3 Å². The summed E-state index contributed by atoms with van der Waals surface area (Å²) in [6, 6.07) is 7.55. The summed E-state index contributed by atoms with van der Waals surface area (Å²) in [7, 11) is 0. The number of rotatable bonds is 6. The molecule has 6 heteroatoms. The molecule has 0 aliphatic carbocycles. The van der Waals surface area contributed by atoms with E-state index < -0.39 is 6.10 Å². The number of aliphatic hydroxyl groups excluding tert-OH is 2. The van der Waals surface area contributed by atoms with Crippen molar-refractivity contribution >= 4 is 5.91 Å². The molecule has 1 aromatic carbocycles. The number of likely N-dealkylation sites (tertiary alicyclic amines) is 2. The number of piperidine rings is 2. The number of hydrogen-bond acceptors (Lipinski definition) is 5. The van der Waals surface area contributed by atoms with Gasteiger partial charge in [-0.1, -0.05) is 12.1 Å². The fourth-order valence-electron chi connectivity index (χ4n) is 3.76. The second-order valence-electron chi connectivity index (χ2n) is 7.30. The first kappa shape index (κ1) is 19.1.